The summed E-state index contributed by atoms with van der Waals surface area (Å²) in [6.07, 6.45) is 1.01. The molecule has 1 heterocycles. The van der Waals surface area contributed by atoms with Gasteiger partial charge in [0.05, 0.1) is 12.7 Å². The molecule has 0 bridgehead atoms. The SMILES string of the molecule is CC(C)(C)OC(=O)N=CC1CC(=O)CCO1. The summed E-state index contributed by atoms with van der Waals surface area (Å²) in [5, 5.41) is 0. The van der Waals surface area contributed by atoms with Gasteiger partial charge in [-0.3, -0.25) is 4.79 Å². The van der Waals surface area contributed by atoms with Crippen LogP contribution in [-0.2, 0) is 14.3 Å². The van der Waals surface area contributed by atoms with Crippen molar-refractivity contribution in [1.29, 1.82) is 0 Å². The molecule has 0 aromatic heterocycles. The molecule has 0 N–H and O–H groups in total. The summed E-state index contributed by atoms with van der Waals surface area (Å²) in [7, 11) is 0. The van der Waals surface area contributed by atoms with Crippen LogP contribution in [0.1, 0.15) is 33.6 Å². The van der Waals surface area contributed by atoms with Crippen LogP contribution in [0.4, 0.5) is 4.79 Å². The van der Waals surface area contributed by atoms with Crippen LogP contribution in [0.25, 0.3) is 0 Å². The van der Waals surface area contributed by atoms with Crippen molar-refractivity contribution in [3.63, 3.8) is 0 Å². The lowest BCUT2D eigenvalue weighted by atomic mass is 10.1. The van der Waals surface area contributed by atoms with Gasteiger partial charge in [-0.25, -0.2) is 4.79 Å². The molecule has 1 aliphatic rings. The molecule has 5 heteroatoms. The average Bonchev–Trinajstić information content (AvgIpc) is 2.12. The number of rotatable bonds is 1. The van der Waals surface area contributed by atoms with Crippen LogP contribution in [0.15, 0.2) is 4.99 Å². The summed E-state index contributed by atoms with van der Waals surface area (Å²) < 4.78 is 10.2. The normalized spacial score (nSPS) is 22.4. The van der Waals surface area contributed by atoms with Gasteiger partial charge in [0.2, 0.25) is 0 Å². The third-order valence-electron chi connectivity index (χ3n) is 1.88. The van der Waals surface area contributed by atoms with E-state index in [-0.39, 0.29) is 12.2 Å². The van der Waals surface area contributed by atoms with Crippen LogP contribution >= 0.6 is 0 Å². The van der Waals surface area contributed by atoms with Crippen molar-refractivity contribution >= 4 is 18.1 Å². The van der Waals surface area contributed by atoms with E-state index in [0.717, 1.165) is 0 Å². The Morgan fingerprint density at radius 3 is 2.81 bits per heavy atom. The maximum atomic E-state index is 11.2. The third kappa shape index (κ3) is 5.02. The Labute approximate surface area is 94.8 Å². The van der Waals surface area contributed by atoms with Gasteiger partial charge in [0, 0.05) is 19.1 Å². The fraction of sp³-hybridized carbons (Fsp3) is 0.727. The van der Waals surface area contributed by atoms with Crippen molar-refractivity contribution in [2.24, 2.45) is 4.99 Å². The lowest BCUT2D eigenvalue weighted by Crippen LogP contribution is -2.27. The molecule has 16 heavy (non-hydrogen) atoms. The topological polar surface area (TPSA) is 65.0 Å². The van der Waals surface area contributed by atoms with Gasteiger partial charge in [-0.05, 0) is 20.8 Å². The minimum absolute atomic E-state index is 0.131. The maximum Gasteiger partial charge on any atom is 0.433 e. The quantitative estimate of drug-likeness (QED) is 0.640. The van der Waals surface area contributed by atoms with Crippen molar-refractivity contribution in [2.75, 3.05) is 6.61 Å². The van der Waals surface area contributed by atoms with Crippen LogP contribution in [0.3, 0.4) is 0 Å². The monoisotopic (exact) mass is 227 g/mol. The standard InChI is InChI=1S/C11H17NO4/c1-11(2,3)16-10(14)12-7-9-6-8(13)4-5-15-9/h7,9H,4-6H2,1-3H3. The number of amides is 1. The van der Waals surface area contributed by atoms with Crippen molar-refractivity contribution in [1.82, 2.24) is 0 Å². The van der Waals surface area contributed by atoms with Crippen LogP contribution in [-0.4, -0.2) is 36.4 Å². The maximum absolute atomic E-state index is 11.2. The van der Waals surface area contributed by atoms with Crippen molar-refractivity contribution < 1.29 is 19.1 Å². The van der Waals surface area contributed by atoms with E-state index in [2.05, 4.69) is 4.99 Å². The molecule has 0 aliphatic carbocycles. The third-order valence-corrected chi connectivity index (χ3v) is 1.88. The minimum Gasteiger partial charge on any atom is -0.442 e. The van der Waals surface area contributed by atoms with Crippen LogP contribution < -0.4 is 0 Å². The Morgan fingerprint density at radius 1 is 1.56 bits per heavy atom. The van der Waals surface area contributed by atoms with Crippen LogP contribution in [0, 0.1) is 0 Å². The molecule has 0 spiro atoms. The molecule has 1 saturated heterocycles. The van der Waals surface area contributed by atoms with E-state index in [1.54, 1.807) is 20.8 Å². The first-order valence-corrected chi connectivity index (χ1v) is 5.27. The minimum atomic E-state index is -0.658. The molecule has 90 valence electrons. The summed E-state index contributed by atoms with van der Waals surface area (Å²) in [6, 6.07) is 0. The molecular weight excluding hydrogens is 210 g/mol. The van der Waals surface area contributed by atoms with Crippen LogP contribution in [0.2, 0.25) is 0 Å². The van der Waals surface area contributed by atoms with Gasteiger partial charge >= 0.3 is 6.09 Å². The second-order valence-corrected chi connectivity index (χ2v) is 4.66. The number of nitrogens with zero attached hydrogens (tertiary/aromatic N) is 1. The van der Waals surface area contributed by atoms with Gasteiger partial charge in [0.1, 0.15) is 11.4 Å². The number of hydrogen-bond acceptors (Lipinski definition) is 4. The van der Waals surface area contributed by atoms with Gasteiger partial charge in [0.15, 0.2) is 0 Å². The fourth-order valence-corrected chi connectivity index (χ4v) is 1.24. The lowest BCUT2D eigenvalue weighted by Gasteiger charge is -2.19. The Bertz CT molecular complexity index is 304. The number of ketones is 1. The molecule has 0 radical (unpaired) electrons. The number of Topliss-reactive ketones (excluding diaryl/α,β-unsaturated/α-hetero) is 1. The number of carbonyl (C=O) groups excluding carboxylic acids is 2. The second-order valence-electron chi connectivity index (χ2n) is 4.66. The first kappa shape index (κ1) is 12.8. The van der Waals surface area contributed by atoms with E-state index in [4.69, 9.17) is 9.47 Å². The van der Waals surface area contributed by atoms with Crippen molar-refractivity contribution in [3.05, 3.63) is 0 Å². The molecule has 1 aliphatic heterocycles. The molecule has 0 aromatic rings. The Balaban J connectivity index is 2.41. The van der Waals surface area contributed by atoms with Gasteiger partial charge < -0.3 is 9.47 Å². The molecule has 1 unspecified atom stereocenters. The number of hydrogen-bond donors (Lipinski definition) is 0. The highest BCUT2D eigenvalue weighted by atomic mass is 16.6. The van der Waals surface area contributed by atoms with Gasteiger partial charge in [-0.15, -0.1) is 0 Å². The zero-order valence-corrected chi connectivity index (χ0v) is 9.86. The molecule has 1 rings (SSSR count). The smallest absolute Gasteiger partial charge is 0.433 e. The Kier molecular flexibility index (Phi) is 4.18. The molecule has 5 nitrogen and oxygen atoms in total. The number of ether oxygens (including phenoxy) is 2. The van der Waals surface area contributed by atoms with E-state index in [1.807, 2.05) is 0 Å². The highest BCUT2D eigenvalue weighted by Gasteiger charge is 2.19. The van der Waals surface area contributed by atoms with Crippen molar-refractivity contribution in [2.45, 2.75) is 45.3 Å². The van der Waals surface area contributed by atoms with E-state index in [0.29, 0.717) is 13.0 Å². The van der Waals surface area contributed by atoms with E-state index >= 15 is 0 Å². The largest absolute Gasteiger partial charge is 0.442 e. The van der Waals surface area contributed by atoms with Gasteiger partial charge in [-0.2, -0.15) is 4.99 Å². The Hall–Kier alpha value is -1.23. The second kappa shape index (κ2) is 5.21. The van der Waals surface area contributed by atoms with E-state index in [9.17, 15) is 9.59 Å². The summed E-state index contributed by atoms with van der Waals surface area (Å²) in [4.78, 5) is 25.9. The van der Waals surface area contributed by atoms with Crippen molar-refractivity contribution in [3.8, 4) is 0 Å². The predicted octanol–water partition coefficient (Wildman–Crippen LogP) is 1.74. The average molecular weight is 227 g/mol. The zero-order chi connectivity index (χ0) is 12.2. The number of aliphatic imine (C=N–C) groups is 1. The van der Waals surface area contributed by atoms with E-state index in [1.165, 1.54) is 6.21 Å². The summed E-state index contributed by atoms with van der Waals surface area (Å²) >= 11 is 0. The molecule has 1 fully saturated rings. The molecule has 0 aromatic carbocycles. The van der Waals surface area contributed by atoms with Gasteiger partial charge in [0.25, 0.3) is 0 Å². The first-order valence-electron chi connectivity index (χ1n) is 5.27. The highest BCUT2D eigenvalue weighted by molar-refractivity contribution is 5.87. The molecule has 1 atom stereocenters. The fourth-order valence-electron chi connectivity index (χ4n) is 1.24. The highest BCUT2D eigenvalue weighted by Crippen LogP contribution is 2.10. The molecule has 0 saturated carbocycles. The molecule has 1 amide bonds. The Morgan fingerprint density at radius 2 is 2.25 bits per heavy atom. The molecular formula is C11H17NO4. The van der Waals surface area contributed by atoms with Gasteiger partial charge in [-0.1, -0.05) is 0 Å². The summed E-state index contributed by atoms with van der Waals surface area (Å²) in [6.45, 7) is 5.69. The number of carbonyl (C=O) groups is 2. The lowest BCUT2D eigenvalue weighted by molar-refractivity contribution is -0.125. The predicted molar refractivity (Wildman–Crippen MR) is 58.7 cm³/mol. The first-order chi connectivity index (χ1) is 7.37. The zero-order valence-electron chi connectivity index (χ0n) is 9.86. The van der Waals surface area contributed by atoms with E-state index < -0.39 is 17.8 Å². The summed E-state index contributed by atoms with van der Waals surface area (Å²) in [5.41, 5.74) is -0.558. The van der Waals surface area contributed by atoms with Crippen LogP contribution in [0.5, 0.6) is 0 Å². The summed E-state index contributed by atoms with van der Waals surface area (Å²) in [5.74, 6) is 0.131.